The van der Waals surface area contributed by atoms with Crippen molar-refractivity contribution in [2.24, 2.45) is 0 Å². The van der Waals surface area contributed by atoms with Crippen LogP contribution in [0.5, 0.6) is 11.5 Å². The number of fused-ring (bicyclic) bond motifs is 1. The zero-order valence-electron chi connectivity index (χ0n) is 17.5. The van der Waals surface area contributed by atoms with Crippen LogP contribution in [0.4, 0.5) is 9.18 Å². The Hall–Kier alpha value is -2.74. The van der Waals surface area contributed by atoms with E-state index >= 15 is 0 Å². The topological polar surface area (TPSA) is 59.1 Å². The number of methoxy groups -OCH3 is 1. The van der Waals surface area contributed by atoms with Crippen molar-refractivity contribution >= 4 is 23.7 Å². The molecule has 3 amide bonds. The summed E-state index contributed by atoms with van der Waals surface area (Å²) < 4.78 is 25.0. The van der Waals surface area contributed by atoms with Crippen LogP contribution in [0.15, 0.2) is 42.5 Å². The number of ether oxygens (including phenoxy) is 2. The van der Waals surface area contributed by atoms with Gasteiger partial charge in [0.1, 0.15) is 23.8 Å². The third-order valence-electron chi connectivity index (χ3n) is 5.55. The van der Waals surface area contributed by atoms with Gasteiger partial charge < -0.3 is 9.47 Å². The summed E-state index contributed by atoms with van der Waals surface area (Å²) in [6.07, 6.45) is 1.72. The molecule has 6 nitrogen and oxygen atoms in total. The average molecular weight is 445 g/mol. The van der Waals surface area contributed by atoms with E-state index in [4.69, 9.17) is 9.47 Å². The summed E-state index contributed by atoms with van der Waals surface area (Å²) in [7, 11) is 1.57. The number of para-hydroxylation sites is 1. The minimum Gasteiger partial charge on any atom is -0.496 e. The standard InChI is InChI=1S/C23H25FN2O4S/c1-3-4-11-25-21(27)18-14-31-22(26(18)23(25)28)15-9-10-19(29-2)16(12-15)13-30-20-8-6-5-7-17(20)24/h5-10,12,18,22H,3-4,11,13-14H2,1-2H3/t18-,22-/m0/s1. The summed E-state index contributed by atoms with van der Waals surface area (Å²) in [5.41, 5.74) is 1.63. The van der Waals surface area contributed by atoms with Gasteiger partial charge in [-0.2, -0.15) is 0 Å². The fourth-order valence-corrected chi connectivity index (χ4v) is 5.31. The van der Waals surface area contributed by atoms with Gasteiger partial charge in [0.05, 0.1) is 7.11 Å². The Morgan fingerprint density at radius 2 is 1.97 bits per heavy atom. The van der Waals surface area contributed by atoms with Crippen LogP contribution in [-0.2, 0) is 11.4 Å². The number of imide groups is 1. The van der Waals surface area contributed by atoms with E-state index in [1.165, 1.54) is 11.0 Å². The number of nitrogens with zero attached hydrogens (tertiary/aromatic N) is 2. The second-order valence-corrected chi connectivity index (χ2v) is 8.64. The number of halogens is 1. The van der Waals surface area contributed by atoms with E-state index in [2.05, 4.69) is 0 Å². The first kappa shape index (κ1) is 21.5. The Bertz CT molecular complexity index is 986. The summed E-state index contributed by atoms with van der Waals surface area (Å²) in [6.45, 7) is 2.62. The molecule has 0 radical (unpaired) electrons. The highest BCUT2D eigenvalue weighted by atomic mass is 32.2. The van der Waals surface area contributed by atoms with Crippen molar-refractivity contribution in [3.05, 3.63) is 59.4 Å². The van der Waals surface area contributed by atoms with E-state index in [9.17, 15) is 14.0 Å². The maximum atomic E-state index is 13.9. The van der Waals surface area contributed by atoms with Gasteiger partial charge in [-0.05, 0) is 36.2 Å². The Morgan fingerprint density at radius 3 is 2.71 bits per heavy atom. The smallest absolute Gasteiger partial charge is 0.328 e. The van der Waals surface area contributed by atoms with Crippen LogP contribution < -0.4 is 9.47 Å². The molecule has 2 heterocycles. The van der Waals surface area contributed by atoms with Crippen molar-refractivity contribution in [3.63, 3.8) is 0 Å². The Labute approximate surface area is 185 Å². The van der Waals surface area contributed by atoms with E-state index in [1.807, 2.05) is 25.1 Å². The van der Waals surface area contributed by atoms with Crippen molar-refractivity contribution in [2.75, 3.05) is 19.4 Å². The van der Waals surface area contributed by atoms with Crippen molar-refractivity contribution in [3.8, 4) is 11.5 Å². The van der Waals surface area contributed by atoms with Gasteiger partial charge in [0.15, 0.2) is 11.6 Å². The molecule has 4 rings (SSSR count). The molecule has 2 atom stereocenters. The zero-order valence-corrected chi connectivity index (χ0v) is 18.4. The molecule has 0 unspecified atom stereocenters. The zero-order chi connectivity index (χ0) is 22.0. The lowest BCUT2D eigenvalue weighted by atomic mass is 10.1. The van der Waals surface area contributed by atoms with E-state index < -0.39 is 11.9 Å². The maximum absolute atomic E-state index is 13.9. The molecule has 164 valence electrons. The molecule has 0 N–H and O–H groups in total. The number of carbonyl (C=O) groups excluding carboxylic acids is 2. The molecule has 2 saturated heterocycles. The lowest BCUT2D eigenvalue weighted by molar-refractivity contribution is -0.127. The number of unbranched alkanes of at least 4 members (excludes halogenated alkanes) is 1. The average Bonchev–Trinajstić information content (AvgIpc) is 3.32. The van der Waals surface area contributed by atoms with E-state index in [0.717, 1.165) is 24.0 Å². The molecule has 2 fully saturated rings. The molecule has 2 aromatic carbocycles. The van der Waals surface area contributed by atoms with Crippen LogP contribution in [-0.4, -0.2) is 47.2 Å². The third-order valence-corrected chi connectivity index (χ3v) is 6.87. The number of hydrogen-bond donors (Lipinski definition) is 0. The minimum atomic E-state index is -0.430. The number of amides is 3. The molecular formula is C23H25FN2O4S. The van der Waals surface area contributed by atoms with Crippen molar-refractivity contribution in [1.82, 2.24) is 9.80 Å². The molecule has 0 saturated carbocycles. The Morgan fingerprint density at radius 1 is 1.16 bits per heavy atom. The van der Waals surface area contributed by atoms with Gasteiger partial charge in [0, 0.05) is 17.9 Å². The normalized spacial score (nSPS) is 20.4. The molecule has 0 aliphatic carbocycles. The summed E-state index contributed by atoms with van der Waals surface area (Å²) in [5, 5.41) is -0.258. The monoisotopic (exact) mass is 444 g/mol. The van der Waals surface area contributed by atoms with Gasteiger partial charge in [-0.3, -0.25) is 14.6 Å². The van der Waals surface area contributed by atoms with Gasteiger partial charge >= 0.3 is 6.03 Å². The highest BCUT2D eigenvalue weighted by Gasteiger charge is 2.52. The fraction of sp³-hybridized carbons (Fsp3) is 0.391. The molecule has 2 aliphatic heterocycles. The van der Waals surface area contributed by atoms with Gasteiger partial charge in [-0.25, -0.2) is 9.18 Å². The second-order valence-electron chi connectivity index (χ2n) is 7.53. The largest absolute Gasteiger partial charge is 0.496 e. The predicted molar refractivity (Wildman–Crippen MR) is 117 cm³/mol. The van der Waals surface area contributed by atoms with Gasteiger partial charge in [-0.15, -0.1) is 11.8 Å². The highest BCUT2D eigenvalue weighted by Crippen LogP contribution is 2.46. The van der Waals surface area contributed by atoms with Crippen LogP contribution in [0.1, 0.15) is 36.3 Å². The third kappa shape index (κ3) is 4.08. The van der Waals surface area contributed by atoms with Crippen LogP contribution in [0.3, 0.4) is 0 Å². The van der Waals surface area contributed by atoms with Crippen molar-refractivity contribution < 1.29 is 23.5 Å². The number of rotatable bonds is 8. The minimum absolute atomic E-state index is 0.106. The van der Waals surface area contributed by atoms with Crippen LogP contribution in [0.25, 0.3) is 0 Å². The fourth-order valence-electron chi connectivity index (χ4n) is 3.90. The van der Waals surface area contributed by atoms with E-state index in [1.54, 1.807) is 42.0 Å². The van der Waals surface area contributed by atoms with Crippen LogP contribution >= 0.6 is 11.8 Å². The maximum Gasteiger partial charge on any atom is 0.328 e. The molecular weight excluding hydrogens is 419 g/mol. The number of thioether (sulfide) groups is 1. The number of benzene rings is 2. The molecule has 8 heteroatoms. The SMILES string of the molecule is CCCCN1C(=O)[C@@H]2CS[C@@H](c3ccc(OC)c(COc4ccccc4F)c3)N2C1=O. The summed E-state index contributed by atoms with van der Waals surface area (Å²) >= 11 is 1.58. The first-order valence-electron chi connectivity index (χ1n) is 10.3. The van der Waals surface area contributed by atoms with Crippen molar-refractivity contribution in [2.45, 2.75) is 37.8 Å². The number of hydrogen-bond acceptors (Lipinski definition) is 5. The quantitative estimate of drug-likeness (QED) is 0.558. The molecule has 2 aliphatic rings. The van der Waals surface area contributed by atoms with Crippen LogP contribution in [0.2, 0.25) is 0 Å². The molecule has 31 heavy (non-hydrogen) atoms. The van der Waals surface area contributed by atoms with Gasteiger partial charge in [0.25, 0.3) is 5.91 Å². The highest BCUT2D eigenvalue weighted by molar-refractivity contribution is 7.99. The Balaban J connectivity index is 1.56. The van der Waals surface area contributed by atoms with Gasteiger partial charge in [-0.1, -0.05) is 31.5 Å². The van der Waals surface area contributed by atoms with E-state index in [0.29, 0.717) is 18.0 Å². The summed E-state index contributed by atoms with van der Waals surface area (Å²) in [4.78, 5) is 28.8. The van der Waals surface area contributed by atoms with Crippen molar-refractivity contribution in [1.29, 1.82) is 0 Å². The lowest BCUT2D eigenvalue weighted by Crippen LogP contribution is -2.34. The molecule has 0 aromatic heterocycles. The Kier molecular flexibility index (Phi) is 6.36. The molecule has 2 aromatic rings. The van der Waals surface area contributed by atoms with E-state index in [-0.39, 0.29) is 29.7 Å². The summed E-state index contributed by atoms with van der Waals surface area (Å²) in [5.74, 6) is 0.820. The first-order chi connectivity index (χ1) is 15.0. The van der Waals surface area contributed by atoms with Crippen LogP contribution in [0, 0.1) is 5.82 Å². The second kappa shape index (κ2) is 9.18. The number of urea groups is 1. The predicted octanol–water partition coefficient (Wildman–Crippen LogP) is 4.59. The first-order valence-corrected chi connectivity index (χ1v) is 11.4. The number of carbonyl (C=O) groups is 2. The van der Waals surface area contributed by atoms with Gasteiger partial charge in [0.2, 0.25) is 0 Å². The molecule has 0 bridgehead atoms. The summed E-state index contributed by atoms with van der Waals surface area (Å²) in [6, 6.07) is 11.2. The lowest BCUT2D eigenvalue weighted by Gasteiger charge is -2.24. The molecule has 0 spiro atoms.